The monoisotopic (exact) mass is 187 g/mol. The second-order valence-corrected chi connectivity index (χ2v) is 5.57. The predicted molar refractivity (Wildman–Crippen MR) is 56.5 cm³/mol. The molecule has 1 heteroatoms. The van der Waals surface area contributed by atoms with Crippen molar-refractivity contribution in [3.05, 3.63) is 24.9 Å². The quantitative estimate of drug-likeness (QED) is 0.569. The first-order valence-electron chi connectivity index (χ1n) is 5.95. The van der Waals surface area contributed by atoms with Gasteiger partial charge in [0.05, 0.1) is 0 Å². The maximum absolute atomic E-state index is 4.00. The molecule has 1 saturated heterocycles. The Hall–Kier alpha value is -0.720. The fourth-order valence-corrected chi connectivity index (χ4v) is 4.81. The van der Waals surface area contributed by atoms with E-state index in [4.69, 9.17) is 0 Å². The molecule has 14 heavy (non-hydrogen) atoms. The summed E-state index contributed by atoms with van der Waals surface area (Å²) >= 11 is 0. The standard InChI is InChI=1S/C13H17N/c1-2-8-5-10-6-11(8)13-12(10)9-3-4-14(13)7-9/h2-4,8-13H,1,5-7H2. The van der Waals surface area contributed by atoms with Crippen molar-refractivity contribution in [2.75, 3.05) is 6.54 Å². The zero-order valence-electron chi connectivity index (χ0n) is 8.47. The summed E-state index contributed by atoms with van der Waals surface area (Å²) in [4.78, 5) is 2.62. The van der Waals surface area contributed by atoms with Gasteiger partial charge in [-0.15, -0.1) is 6.58 Å². The van der Waals surface area contributed by atoms with Crippen LogP contribution in [-0.2, 0) is 0 Å². The summed E-state index contributed by atoms with van der Waals surface area (Å²) in [6, 6.07) is 0.895. The third-order valence-corrected chi connectivity index (χ3v) is 5.20. The average molecular weight is 187 g/mol. The predicted octanol–water partition coefficient (Wildman–Crippen LogP) is 2.27. The second-order valence-electron chi connectivity index (χ2n) is 5.57. The molecule has 2 aliphatic heterocycles. The van der Waals surface area contributed by atoms with E-state index in [9.17, 15) is 0 Å². The van der Waals surface area contributed by atoms with Gasteiger partial charge in [0.25, 0.3) is 0 Å². The van der Waals surface area contributed by atoms with Gasteiger partial charge >= 0.3 is 0 Å². The van der Waals surface area contributed by atoms with Crippen molar-refractivity contribution in [1.82, 2.24) is 4.90 Å². The molecule has 0 aromatic carbocycles. The van der Waals surface area contributed by atoms with Crippen LogP contribution in [-0.4, -0.2) is 17.5 Å². The molecule has 0 amide bonds. The summed E-state index contributed by atoms with van der Waals surface area (Å²) in [6.45, 7) is 5.33. The highest BCUT2D eigenvalue weighted by molar-refractivity contribution is 5.21. The zero-order valence-corrected chi connectivity index (χ0v) is 8.47. The van der Waals surface area contributed by atoms with Crippen LogP contribution in [0.5, 0.6) is 0 Å². The van der Waals surface area contributed by atoms with Crippen molar-refractivity contribution in [2.45, 2.75) is 18.9 Å². The third kappa shape index (κ3) is 0.667. The maximum Gasteiger partial charge on any atom is 0.0355 e. The average Bonchev–Trinajstić information content (AvgIpc) is 2.94. The lowest BCUT2D eigenvalue weighted by Gasteiger charge is -2.36. The van der Waals surface area contributed by atoms with Crippen LogP contribution in [0.25, 0.3) is 0 Å². The first-order chi connectivity index (χ1) is 6.88. The Morgan fingerprint density at radius 1 is 1.36 bits per heavy atom. The smallest absolute Gasteiger partial charge is 0.0355 e. The van der Waals surface area contributed by atoms with Gasteiger partial charge in [0.1, 0.15) is 0 Å². The Morgan fingerprint density at radius 3 is 3.14 bits per heavy atom. The molecule has 3 fully saturated rings. The Bertz CT molecular complexity index is 319. The van der Waals surface area contributed by atoms with Gasteiger partial charge < -0.3 is 4.90 Å². The van der Waals surface area contributed by atoms with E-state index in [1.165, 1.54) is 19.4 Å². The number of rotatable bonds is 1. The molecule has 0 aromatic rings. The summed E-state index contributed by atoms with van der Waals surface area (Å²) in [6.07, 6.45) is 9.95. The molecule has 0 spiro atoms. The third-order valence-electron chi connectivity index (χ3n) is 5.20. The molecule has 2 aliphatic carbocycles. The van der Waals surface area contributed by atoms with Crippen molar-refractivity contribution in [3.8, 4) is 0 Å². The van der Waals surface area contributed by atoms with Crippen LogP contribution >= 0.6 is 0 Å². The van der Waals surface area contributed by atoms with Crippen LogP contribution in [0, 0.1) is 29.6 Å². The van der Waals surface area contributed by atoms with E-state index in [1.807, 2.05) is 0 Å². The molecule has 6 unspecified atom stereocenters. The molecule has 0 aromatic heterocycles. The Morgan fingerprint density at radius 2 is 2.29 bits per heavy atom. The van der Waals surface area contributed by atoms with Gasteiger partial charge in [-0.3, -0.25) is 0 Å². The van der Waals surface area contributed by atoms with E-state index in [0.29, 0.717) is 0 Å². The van der Waals surface area contributed by atoms with Crippen LogP contribution < -0.4 is 0 Å². The van der Waals surface area contributed by atoms with Crippen molar-refractivity contribution in [3.63, 3.8) is 0 Å². The molecule has 2 saturated carbocycles. The van der Waals surface area contributed by atoms with E-state index in [-0.39, 0.29) is 0 Å². The van der Waals surface area contributed by atoms with E-state index < -0.39 is 0 Å². The topological polar surface area (TPSA) is 3.24 Å². The van der Waals surface area contributed by atoms with Gasteiger partial charge in [-0.1, -0.05) is 12.2 Å². The van der Waals surface area contributed by atoms with Crippen molar-refractivity contribution in [2.24, 2.45) is 29.6 Å². The van der Waals surface area contributed by atoms with Gasteiger partial charge in [-0.05, 0) is 42.7 Å². The van der Waals surface area contributed by atoms with Gasteiger partial charge in [-0.25, -0.2) is 0 Å². The van der Waals surface area contributed by atoms with Gasteiger partial charge in [0.2, 0.25) is 0 Å². The summed E-state index contributed by atoms with van der Waals surface area (Å²) in [5, 5.41) is 0. The summed E-state index contributed by atoms with van der Waals surface area (Å²) in [5.74, 6) is 4.71. The first kappa shape index (κ1) is 7.56. The first-order valence-corrected chi connectivity index (χ1v) is 5.95. The van der Waals surface area contributed by atoms with Gasteiger partial charge in [0.15, 0.2) is 0 Å². The molecule has 0 N–H and O–H groups in total. The highest BCUT2D eigenvalue weighted by Crippen LogP contribution is 2.60. The minimum absolute atomic E-state index is 0.828. The lowest BCUT2D eigenvalue weighted by Crippen LogP contribution is -2.38. The zero-order chi connectivity index (χ0) is 9.28. The van der Waals surface area contributed by atoms with Crippen LogP contribution in [0.15, 0.2) is 24.9 Å². The van der Waals surface area contributed by atoms with E-state index in [1.54, 1.807) is 0 Å². The molecule has 4 bridgehead atoms. The second kappa shape index (κ2) is 2.26. The van der Waals surface area contributed by atoms with Crippen LogP contribution in [0.3, 0.4) is 0 Å². The SMILES string of the molecule is C=CC1CC2CC1C1C2C2C=CN1C2. The molecule has 4 aliphatic rings. The van der Waals surface area contributed by atoms with Crippen molar-refractivity contribution in [1.29, 1.82) is 0 Å². The summed E-state index contributed by atoms with van der Waals surface area (Å²) in [5.41, 5.74) is 0. The number of allylic oxidation sites excluding steroid dienone is 1. The normalized spacial score (nSPS) is 57.0. The van der Waals surface area contributed by atoms with Crippen LogP contribution in [0.1, 0.15) is 12.8 Å². The maximum atomic E-state index is 4.00. The fraction of sp³-hybridized carbons (Fsp3) is 0.692. The van der Waals surface area contributed by atoms with Gasteiger partial charge in [0, 0.05) is 18.5 Å². The number of hydrogen-bond acceptors (Lipinski definition) is 1. The minimum Gasteiger partial charge on any atom is -0.373 e. The van der Waals surface area contributed by atoms with Crippen LogP contribution in [0.2, 0.25) is 0 Å². The number of nitrogens with zero attached hydrogens (tertiary/aromatic N) is 1. The fourth-order valence-electron chi connectivity index (χ4n) is 4.81. The van der Waals surface area contributed by atoms with Crippen molar-refractivity contribution >= 4 is 0 Å². The molecular weight excluding hydrogens is 170 g/mol. The van der Waals surface area contributed by atoms with E-state index in [2.05, 4.69) is 29.8 Å². The number of fused-ring (bicyclic) bond motifs is 9. The van der Waals surface area contributed by atoms with Gasteiger partial charge in [-0.2, -0.15) is 0 Å². The molecule has 1 nitrogen and oxygen atoms in total. The lowest BCUT2D eigenvalue weighted by molar-refractivity contribution is 0.174. The molecule has 4 rings (SSSR count). The minimum atomic E-state index is 0.828. The molecule has 6 atom stereocenters. The molecule has 74 valence electrons. The number of hydrogen-bond donors (Lipinski definition) is 0. The molecule has 2 heterocycles. The summed E-state index contributed by atoms with van der Waals surface area (Å²) in [7, 11) is 0. The Balaban J connectivity index is 1.75. The van der Waals surface area contributed by atoms with E-state index >= 15 is 0 Å². The molecular formula is C13H17N. The van der Waals surface area contributed by atoms with E-state index in [0.717, 1.165) is 35.6 Å². The Kier molecular flexibility index (Phi) is 1.22. The summed E-state index contributed by atoms with van der Waals surface area (Å²) < 4.78 is 0. The largest absolute Gasteiger partial charge is 0.373 e. The van der Waals surface area contributed by atoms with Crippen molar-refractivity contribution < 1.29 is 0 Å². The van der Waals surface area contributed by atoms with Crippen LogP contribution in [0.4, 0.5) is 0 Å². The highest BCUT2D eigenvalue weighted by Gasteiger charge is 2.59. The lowest BCUT2D eigenvalue weighted by atomic mass is 9.74. The Labute approximate surface area is 85.5 Å². The highest BCUT2D eigenvalue weighted by atomic mass is 15.2. The molecule has 0 radical (unpaired) electrons.